The van der Waals surface area contributed by atoms with Crippen molar-refractivity contribution in [2.75, 3.05) is 25.0 Å². The van der Waals surface area contributed by atoms with E-state index in [1.54, 1.807) is 6.33 Å². The van der Waals surface area contributed by atoms with Gasteiger partial charge in [0.05, 0.1) is 42.9 Å². The number of hydrogen-bond donors (Lipinski definition) is 1. The molecule has 160 valence electrons. The van der Waals surface area contributed by atoms with Gasteiger partial charge in [0.1, 0.15) is 0 Å². The highest BCUT2D eigenvalue weighted by molar-refractivity contribution is 5.94. The van der Waals surface area contributed by atoms with E-state index >= 15 is 0 Å². The van der Waals surface area contributed by atoms with Gasteiger partial charge in [-0.1, -0.05) is 17.7 Å². The van der Waals surface area contributed by atoms with Crippen LogP contribution in [0.4, 0.5) is 5.95 Å². The standard InChI is InChI=1S/C23H26N6O2/c1-16-3-5-17(6-4-16)21(30)29-8-7-23(13-29)14-31-12-18-9-25-22(27-20(18)23)26-11-19-10-24-15-28(19)2/h3-6,9-10,15H,7-8,11-14H2,1-2H3,(H,25,26,27)/t23-/m0/s1. The Bertz CT molecular complexity index is 1110. The maximum Gasteiger partial charge on any atom is 0.253 e. The van der Waals surface area contributed by atoms with Gasteiger partial charge in [-0.15, -0.1) is 0 Å². The number of fused-ring (bicyclic) bond motifs is 2. The van der Waals surface area contributed by atoms with Crippen molar-refractivity contribution >= 4 is 11.9 Å². The number of amides is 1. The molecule has 4 heterocycles. The Morgan fingerprint density at radius 1 is 1.26 bits per heavy atom. The van der Waals surface area contributed by atoms with Gasteiger partial charge in [0.2, 0.25) is 5.95 Å². The average Bonchev–Trinajstić information content (AvgIpc) is 3.39. The van der Waals surface area contributed by atoms with Gasteiger partial charge in [0, 0.05) is 43.7 Å². The van der Waals surface area contributed by atoms with Crippen molar-refractivity contribution in [3.63, 3.8) is 0 Å². The number of rotatable bonds is 4. The van der Waals surface area contributed by atoms with Crippen molar-refractivity contribution in [2.24, 2.45) is 7.05 Å². The Kier molecular flexibility index (Phi) is 4.94. The van der Waals surface area contributed by atoms with Crippen LogP contribution in [0.3, 0.4) is 0 Å². The first-order valence-electron chi connectivity index (χ1n) is 10.5. The number of imidazole rings is 1. The molecule has 31 heavy (non-hydrogen) atoms. The van der Waals surface area contributed by atoms with E-state index in [0.29, 0.717) is 38.8 Å². The minimum atomic E-state index is -0.292. The van der Waals surface area contributed by atoms with Crippen LogP contribution in [0.25, 0.3) is 0 Å². The van der Waals surface area contributed by atoms with Gasteiger partial charge in [-0.25, -0.2) is 15.0 Å². The molecule has 8 heteroatoms. The molecule has 2 aliphatic rings. The number of likely N-dealkylation sites (tertiary alicyclic amines) is 1. The van der Waals surface area contributed by atoms with Crippen LogP contribution in [-0.2, 0) is 30.4 Å². The summed E-state index contributed by atoms with van der Waals surface area (Å²) in [4.78, 5) is 28.5. The van der Waals surface area contributed by atoms with E-state index in [4.69, 9.17) is 9.72 Å². The lowest BCUT2D eigenvalue weighted by atomic mass is 9.80. The summed E-state index contributed by atoms with van der Waals surface area (Å²) in [5.41, 5.74) is 4.63. The molecule has 8 nitrogen and oxygen atoms in total. The SMILES string of the molecule is Cc1ccc(C(=O)N2CC[C@@]3(COCc4cnc(NCc5cncn5C)nc43)C2)cc1. The van der Waals surface area contributed by atoms with Gasteiger partial charge in [0.15, 0.2) is 0 Å². The van der Waals surface area contributed by atoms with E-state index in [1.807, 2.05) is 60.1 Å². The molecule has 3 aromatic rings. The van der Waals surface area contributed by atoms with Crippen LogP contribution >= 0.6 is 0 Å². The van der Waals surface area contributed by atoms with Crippen molar-refractivity contribution in [2.45, 2.75) is 31.9 Å². The van der Waals surface area contributed by atoms with Crippen molar-refractivity contribution in [3.8, 4) is 0 Å². The molecule has 0 radical (unpaired) electrons. The minimum absolute atomic E-state index is 0.0626. The van der Waals surface area contributed by atoms with Gasteiger partial charge in [-0.05, 0) is 25.5 Å². The molecule has 1 N–H and O–H groups in total. The number of anilines is 1. The average molecular weight is 419 g/mol. The third-order valence-corrected chi connectivity index (χ3v) is 6.29. The van der Waals surface area contributed by atoms with Crippen LogP contribution in [0.15, 0.2) is 43.0 Å². The van der Waals surface area contributed by atoms with E-state index in [1.165, 1.54) is 0 Å². The van der Waals surface area contributed by atoms with Crippen LogP contribution in [0.2, 0.25) is 0 Å². The summed E-state index contributed by atoms with van der Waals surface area (Å²) in [5.74, 6) is 0.650. The lowest BCUT2D eigenvalue weighted by Crippen LogP contribution is -2.41. The van der Waals surface area contributed by atoms with Crippen LogP contribution in [0.1, 0.15) is 39.3 Å². The fourth-order valence-corrected chi connectivity index (χ4v) is 4.44. The summed E-state index contributed by atoms with van der Waals surface area (Å²) in [7, 11) is 1.96. The van der Waals surface area contributed by atoms with Gasteiger partial charge in [-0.3, -0.25) is 4.79 Å². The molecule has 2 aromatic heterocycles. The molecule has 0 unspecified atom stereocenters. The molecule has 1 spiro atoms. The topological polar surface area (TPSA) is 85.2 Å². The third-order valence-electron chi connectivity index (χ3n) is 6.29. The van der Waals surface area contributed by atoms with Crippen LogP contribution in [0, 0.1) is 6.92 Å². The third kappa shape index (κ3) is 3.67. The lowest BCUT2D eigenvalue weighted by Gasteiger charge is -2.34. The largest absolute Gasteiger partial charge is 0.376 e. The number of carbonyl (C=O) groups excluding carboxylic acids is 1. The number of ether oxygens (including phenoxy) is 1. The first-order chi connectivity index (χ1) is 15.0. The fourth-order valence-electron chi connectivity index (χ4n) is 4.44. The van der Waals surface area contributed by atoms with Gasteiger partial charge in [0.25, 0.3) is 5.91 Å². The molecule has 0 bridgehead atoms. The summed E-state index contributed by atoms with van der Waals surface area (Å²) in [6.45, 7) is 4.98. The monoisotopic (exact) mass is 418 g/mol. The zero-order valence-electron chi connectivity index (χ0n) is 17.8. The number of benzene rings is 1. The molecule has 1 atom stereocenters. The van der Waals surface area contributed by atoms with Crippen LogP contribution < -0.4 is 5.32 Å². The second-order valence-corrected chi connectivity index (χ2v) is 8.53. The second-order valence-electron chi connectivity index (χ2n) is 8.53. The number of carbonyl (C=O) groups is 1. The first kappa shape index (κ1) is 19.7. The minimum Gasteiger partial charge on any atom is -0.376 e. The number of hydrogen-bond acceptors (Lipinski definition) is 6. The molecule has 1 amide bonds. The number of aryl methyl sites for hydroxylation is 2. The van der Waals surface area contributed by atoms with Crippen molar-refractivity contribution in [1.82, 2.24) is 24.4 Å². The highest BCUT2D eigenvalue weighted by atomic mass is 16.5. The van der Waals surface area contributed by atoms with Crippen LogP contribution in [0.5, 0.6) is 0 Å². The molecule has 0 saturated carbocycles. The normalized spacial score (nSPS) is 20.1. The summed E-state index contributed by atoms with van der Waals surface area (Å²) < 4.78 is 7.87. The smallest absolute Gasteiger partial charge is 0.253 e. The summed E-state index contributed by atoms with van der Waals surface area (Å²) in [5, 5.41) is 3.31. The first-order valence-corrected chi connectivity index (χ1v) is 10.5. The second kappa shape index (κ2) is 7.77. The Hall–Kier alpha value is -3.26. The van der Waals surface area contributed by atoms with E-state index in [9.17, 15) is 4.79 Å². The number of nitrogens with zero attached hydrogens (tertiary/aromatic N) is 5. The zero-order valence-corrected chi connectivity index (χ0v) is 17.8. The molecule has 1 saturated heterocycles. The number of nitrogens with one attached hydrogen (secondary N) is 1. The quantitative estimate of drug-likeness (QED) is 0.701. The molecular formula is C23H26N6O2. The predicted molar refractivity (Wildman–Crippen MR) is 116 cm³/mol. The van der Waals surface area contributed by atoms with Crippen LogP contribution in [-0.4, -0.2) is 50.0 Å². The zero-order chi connectivity index (χ0) is 21.4. The Labute approximate surface area is 181 Å². The fraction of sp³-hybridized carbons (Fsp3) is 0.391. The highest BCUT2D eigenvalue weighted by Crippen LogP contribution is 2.39. The van der Waals surface area contributed by atoms with Crippen molar-refractivity contribution < 1.29 is 9.53 Å². The maximum atomic E-state index is 13.1. The summed E-state index contributed by atoms with van der Waals surface area (Å²) in [6, 6.07) is 7.75. The van der Waals surface area contributed by atoms with Gasteiger partial charge < -0.3 is 19.5 Å². The van der Waals surface area contributed by atoms with E-state index in [0.717, 1.165) is 34.5 Å². The molecule has 5 rings (SSSR count). The Morgan fingerprint density at radius 3 is 2.87 bits per heavy atom. The Morgan fingerprint density at radius 2 is 2.10 bits per heavy atom. The van der Waals surface area contributed by atoms with E-state index in [2.05, 4.69) is 15.3 Å². The predicted octanol–water partition coefficient (Wildman–Crippen LogP) is 2.44. The van der Waals surface area contributed by atoms with Gasteiger partial charge in [-0.2, -0.15) is 0 Å². The molecule has 2 aliphatic heterocycles. The maximum absolute atomic E-state index is 13.1. The van der Waals surface area contributed by atoms with Gasteiger partial charge >= 0.3 is 0 Å². The highest BCUT2D eigenvalue weighted by Gasteiger charge is 2.46. The Balaban J connectivity index is 1.37. The molecular weight excluding hydrogens is 392 g/mol. The summed E-state index contributed by atoms with van der Waals surface area (Å²) in [6.07, 6.45) is 6.27. The van der Waals surface area contributed by atoms with E-state index in [-0.39, 0.29) is 11.3 Å². The van der Waals surface area contributed by atoms with Crippen molar-refractivity contribution in [1.29, 1.82) is 0 Å². The number of aromatic nitrogens is 4. The lowest BCUT2D eigenvalue weighted by molar-refractivity contribution is 0.0485. The van der Waals surface area contributed by atoms with E-state index < -0.39 is 0 Å². The van der Waals surface area contributed by atoms with Crippen molar-refractivity contribution in [3.05, 3.63) is 71.1 Å². The molecule has 0 aliphatic carbocycles. The summed E-state index contributed by atoms with van der Waals surface area (Å²) >= 11 is 0. The molecule has 1 fully saturated rings. The molecule has 1 aromatic carbocycles.